The number of nitrogens with zero attached hydrogens (tertiary/aromatic N) is 2. The highest BCUT2D eigenvalue weighted by molar-refractivity contribution is 5.75. The SMILES string of the molecule is C[C@@H]1CCCN(c2ncccc2C2=CCC(c3[nH]c(=O)[nH]c(=O)c3Cc3ccccc3)CC2)C1. The first-order valence-corrected chi connectivity index (χ1v) is 12.4. The van der Waals surface area contributed by atoms with Crippen molar-refractivity contribution in [2.45, 2.75) is 51.4 Å². The van der Waals surface area contributed by atoms with E-state index in [0.717, 1.165) is 49.4 Å². The molecule has 0 saturated carbocycles. The zero-order valence-corrected chi connectivity index (χ0v) is 19.7. The van der Waals surface area contributed by atoms with Gasteiger partial charge in [-0.1, -0.05) is 43.3 Å². The summed E-state index contributed by atoms with van der Waals surface area (Å²) in [5, 5.41) is 0. The molecule has 1 aliphatic heterocycles. The normalized spacial score (nSPS) is 20.7. The van der Waals surface area contributed by atoms with Crippen molar-refractivity contribution < 1.29 is 0 Å². The van der Waals surface area contributed by atoms with Crippen molar-refractivity contribution >= 4 is 11.4 Å². The fourth-order valence-electron chi connectivity index (χ4n) is 5.48. The van der Waals surface area contributed by atoms with Gasteiger partial charge in [0.05, 0.1) is 0 Å². The Kier molecular flexibility index (Phi) is 6.48. The van der Waals surface area contributed by atoms with Crippen LogP contribution in [0.1, 0.15) is 67.3 Å². The third-order valence-electron chi connectivity index (χ3n) is 7.21. The van der Waals surface area contributed by atoms with Crippen molar-refractivity contribution in [1.82, 2.24) is 15.0 Å². The summed E-state index contributed by atoms with van der Waals surface area (Å²) in [6.45, 7) is 4.42. The fourth-order valence-corrected chi connectivity index (χ4v) is 5.48. The van der Waals surface area contributed by atoms with E-state index in [2.05, 4.69) is 33.9 Å². The van der Waals surface area contributed by atoms with Gasteiger partial charge in [0.2, 0.25) is 0 Å². The number of rotatable bonds is 5. The van der Waals surface area contributed by atoms with Crippen LogP contribution < -0.4 is 16.1 Å². The number of piperidine rings is 1. The van der Waals surface area contributed by atoms with E-state index in [4.69, 9.17) is 4.98 Å². The summed E-state index contributed by atoms with van der Waals surface area (Å²) in [4.78, 5) is 37.5. The molecule has 1 aromatic carbocycles. The summed E-state index contributed by atoms with van der Waals surface area (Å²) in [5.74, 6) is 1.89. The zero-order chi connectivity index (χ0) is 23.5. The molecule has 176 valence electrons. The Morgan fingerprint density at radius 2 is 1.91 bits per heavy atom. The van der Waals surface area contributed by atoms with Crippen LogP contribution in [0.25, 0.3) is 5.57 Å². The van der Waals surface area contributed by atoms with Gasteiger partial charge in [0.25, 0.3) is 5.56 Å². The Balaban J connectivity index is 1.42. The van der Waals surface area contributed by atoms with Crippen LogP contribution >= 0.6 is 0 Å². The lowest BCUT2D eigenvalue weighted by Crippen LogP contribution is -2.35. The Morgan fingerprint density at radius 3 is 2.68 bits per heavy atom. The van der Waals surface area contributed by atoms with Gasteiger partial charge < -0.3 is 9.88 Å². The number of pyridine rings is 1. The molecule has 1 unspecified atom stereocenters. The van der Waals surface area contributed by atoms with Gasteiger partial charge in [-0.25, -0.2) is 9.78 Å². The smallest absolute Gasteiger partial charge is 0.325 e. The molecular weight excluding hydrogens is 424 g/mol. The van der Waals surface area contributed by atoms with Gasteiger partial charge in [0, 0.05) is 48.4 Å². The monoisotopic (exact) mass is 456 g/mol. The minimum Gasteiger partial charge on any atom is -0.356 e. The van der Waals surface area contributed by atoms with Crippen molar-refractivity contribution in [3.05, 3.63) is 98.0 Å². The lowest BCUT2D eigenvalue weighted by atomic mass is 9.82. The number of benzene rings is 1. The summed E-state index contributed by atoms with van der Waals surface area (Å²) in [5.41, 5.74) is 4.32. The van der Waals surface area contributed by atoms with Crippen LogP contribution in [0, 0.1) is 5.92 Å². The summed E-state index contributed by atoms with van der Waals surface area (Å²) in [6, 6.07) is 14.1. The van der Waals surface area contributed by atoms with E-state index in [-0.39, 0.29) is 11.5 Å². The van der Waals surface area contributed by atoms with Crippen LogP contribution in [0.3, 0.4) is 0 Å². The van der Waals surface area contributed by atoms with Crippen LogP contribution in [-0.4, -0.2) is 28.0 Å². The highest BCUT2D eigenvalue weighted by Crippen LogP contribution is 2.39. The maximum absolute atomic E-state index is 12.7. The van der Waals surface area contributed by atoms with Crippen LogP contribution in [0.2, 0.25) is 0 Å². The Hall–Kier alpha value is -3.41. The highest BCUT2D eigenvalue weighted by atomic mass is 16.2. The second kappa shape index (κ2) is 9.84. The van der Waals surface area contributed by atoms with Crippen molar-refractivity contribution in [3.8, 4) is 0 Å². The van der Waals surface area contributed by atoms with Gasteiger partial charge in [0.1, 0.15) is 5.82 Å². The van der Waals surface area contributed by atoms with E-state index in [1.807, 2.05) is 42.6 Å². The first kappa shape index (κ1) is 22.4. The average molecular weight is 457 g/mol. The number of H-pyrrole nitrogens is 2. The molecule has 3 aromatic rings. The molecule has 5 rings (SSSR count). The minimum absolute atomic E-state index is 0.118. The Labute approximate surface area is 199 Å². The van der Waals surface area contributed by atoms with E-state index >= 15 is 0 Å². The maximum Gasteiger partial charge on any atom is 0.325 e. The number of nitrogens with one attached hydrogen (secondary N) is 2. The molecule has 2 aliphatic rings. The second-order valence-electron chi connectivity index (χ2n) is 9.73. The molecule has 0 spiro atoms. The summed E-state index contributed by atoms with van der Waals surface area (Å²) >= 11 is 0. The summed E-state index contributed by atoms with van der Waals surface area (Å²) in [7, 11) is 0. The number of hydrogen-bond acceptors (Lipinski definition) is 4. The molecule has 1 fully saturated rings. The molecule has 2 atom stereocenters. The Morgan fingerprint density at radius 1 is 1.06 bits per heavy atom. The first-order chi connectivity index (χ1) is 16.6. The molecule has 6 nitrogen and oxygen atoms in total. The molecular formula is C28H32N4O2. The maximum atomic E-state index is 12.7. The largest absolute Gasteiger partial charge is 0.356 e. The van der Waals surface area contributed by atoms with Crippen LogP contribution in [-0.2, 0) is 6.42 Å². The molecule has 1 saturated heterocycles. The minimum atomic E-state index is -0.430. The topological polar surface area (TPSA) is 81.8 Å². The number of allylic oxidation sites excluding steroid dienone is 2. The van der Waals surface area contributed by atoms with Gasteiger partial charge in [0.15, 0.2) is 0 Å². The van der Waals surface area contributed by atoms with Gasteiger partial charge in [-0.15, -0.1) is 0 Å². The van der Waals surface area contributed by atoms with Gasteiger partial charge in [-0.2, -0.15) is 0 Å². The van der Waals surface area contributed by atoms with Crippen molar-refractivity contribution in [1.29, 1.82) is 0 Å². The first-order valence-electron chi connectivity index (χ1n) is 12.4. The number of hydrogen-bond donors (Lipinski definition) is 2. The van der Waals surface area contributed by atoms with Gasteiger partial charge >= 0.3 is 5.69 Å². The van der Waals surface area contributed by atoms with Crippen LogP contribution in [0.5, 0.6) is 0 Å². The van der Waals surface area contributed by atoms with Crippen LogP contribution in [0.15, 0.2) is 64.3 Å². The standard InChI is InChI=1S/C28H32N4O2/c1-19-7-6-16-32(18-19)26-23(10-5-15-29-26)21-11-13-22(14-12-21)25-24(27(33)31-28(34)30-25)17-20-8-3-2-4-9-20/h2-5,8-11,15,19,22H,6-7,12-14,16-18H2,1H3,(H2,30,31,33,34)/t19-,22?/m1/s1. The highest BCUT2D eigenvalue weighted by Gasteiger charge is 2.26. The van der Waals surface area contributed by atoms with E-state index in [1.165, 1.54) is 24.0 Å². The molecule has 0 radical (unpaired) electrons. The number of aromatic amines is 2. The molecule has 2 aromatic heterocycles. The van der Waals surface area contributed by atoms with Crippen LogP contribution in [0.4, 0.5) is 5.82 Å². The lowest BCUT2D eigenvalue weighted by molar-refractivity contribution is 0.444. The molecule has 0 bridgehead atoms. The molecule has 6 heteroatoms. The quantitative estimate of drug-likeness (QED) is 0.586. The molecule has 1 aliphatic carbocycles. The molecule has 34 heavy (non-hydrogen) atoms. The lowest BCUT2D eigenvalue weighted by Gasteiger charge is -2.34. The number of anilines is 1. The van der Waals surface area contributed by atoms with Gasteiger partial charge in [-0.05, 0) is 61.3 Å². The molecule has 0 amide bonds. The molecule has 2 N–H and O–H groups in total. The van der Waals surface area contributed by atoms with Crippen molar-refractivity contribution in [2.75, 3.05) is 18.0 Å². The fraction of sp³-hybridized carbons (Fsp3) is 0.393. The number of aromatic nitrogens is 3. The van der Waals surface area contributed by atoms with Crippen molar-refractivity contribution in [3.63, 3.8) is 0 Å². The van der Waals surface area contributed by atoms with E-state index < -0.39 is 5.69 Å². The average Bonchev–Trinajstić information content (AvgIpc) is 2.86. The zero-order valence-electron chi connectivity index (χ0n) is 19.7. The Bertz CT molecular complexity index is 1290. The second-order valence-corrected chi connectivity index (χ2v) is 9.73. The predicted molar refractivity (Wildman–Crippen MR) is 136 cm³/mol. The van der Waals surface area contributed by atoms with E-state index in [1.54, 1.807) is 0 Å². The third kappa shape index (κ3) is 4.76. The summed E-state index contributed by atoms with van der Waals surface area (Å²) in [6.07, 6.45) is 9.75. The third-order valence-corrected chi connectivity index (χ3v) is 7.21. The van der Waals surface area contributed by atoms with Gasteiger partial charge in [-0.3, -0.25) is 9.78 Å². The summed E-state index contributed by atoms with van der Waals surface area (Å²) < 4.78 is 0. The van der Waals surface area contributed by atoms with E-state index in [0.29, 0.717) is 17.9 Å². The molecule has 3 heterocycles. The van der Waals surface area contributed by atoms with E-state index in [9.17, 15) is 9.59 Å². The predicted octanol–water partition coefficient (Wildman–Crippen LogP) is 4.64. The van der Waals surface area contributed by atoms with Crippen molar-refractivity contribution in [2.24, 2.45) is 5.92 Å².